The Hall–Kier alpha value is -2.03. The van der Waals surface area contributed by atoms with Gasteiger partial charge in [0.05, 0.1) is 18.2 Å². The molecule has 3 saturated heterocycles. The van der Waals surface area contributed by atoms with E-state index in [-0.39, 0.29) is 23.8 Å². The Morgan fingerprint density at radius 1 is 1.14 bits per heavy atom. The van der Waals surface area contributed by atoms with E-state index in [2.05, 4.69) is 26.1 Å². The number of hydrogen-bond acceptors (Lipinski definition) is 6. The van der Waals surface area contributed by atoms with E-state index in [9.17, 15) is 9.59 Å². The van der Waals surface area contributed by atoms with Crippen molar-refractivity contribution in [2.45, 2.75) is 50.7 Å². The predicted molar refractivity (Wildman–Crippen MR) is 110 cm³/mol. The molecule has 0 aromatic carbocycles. The first-order chi connectivity index (χ1) is 14.2. The summed E-state index contributed by atoms with van der Waals surface area (Å²) in [6.45, 7) is 4.84. The second kappa shape index (κ2) is 9.65. The summed E-state index contributed by atoms with van der Waals surface area (Å²) < 4.78 is 0. The van der Waals surface area contributed by atoms with Gasteiger partial charge in [0.25, 0.3) is 0 Å². The van der Waals surface area contributed by atoms with Crippen LogP contribution < -0.4 is 16.2 Å². The van der Waals surface area contributed by atoms with Gasteiger partial charge in [-0.25, -0.2) is 5.43 Å². The van der Waals surface area contributed by atoms with Crippen LogP contribution in [0, 0.1) is 5.92 Å². The number of amides is 2. The van der Waals surface area contributed by atoms with E-state index in [1.807, 2.05) is 23.1 Å². The van der Waals surface area contributed by atoms with Gasteiger partial charge in [-0.1, -0.05) is 6.07 Å². The Morgan fingerprint density at radius 3 is 2.72 bits per heavy atom. The van der Waals surface area contributed by atoms with Crippen LogP contribution in [0.3, 0.4) is 0 Å². The third-order valence-electron chi connectivity index (χ3n) is 6.42. The molecule has 0 radical (unpaired) electrons. The SMILES string of the molecule is O=C(NCc1ccccn1)C1CCCN(C2CCN(C(=O)C3CCNN3)CC2)C1. The van der Waals surface area contributed by atoms with Crippen molar-refractivity contribution in [3.63, 3.8) is 0 Å². The molecule has 2 atom stereocenters. The quantitative estimate of drug-likeness (QED) is 0.657. The predicted octanol–water partition coefficient (Wildman–Crippen LogP) is 0.267. The van der Waals surface area contributed by atoms with E-state index in [0.717, 1.165) is 70.5 Å². The highest BCUT2D eigenvalue weighted by Crippen LogP contribution is 2.24. The van der Waals surface area contributed by atoms with Gasteiger partial charge in [0.1, 0.15) is 6.04 Å². The van der Waals surface area contributed by atoms with Gasteiger partial charge >= 0.3 is 0 Å². The standard InChI is InChI=1S/C21H32N6O2/c28-20(23-14-17-5-1-2-9-22-17)16-4-3-11-27(15-16)18-7-12-26(13-8-18)21(29)19-6-10-24-25-19/h1-2,5,9,16,18-19,24-25H,3-4,6-8,10-15H2,(H,23,28). The summed E-state index contributed by atoms with van der Waals surface area (Å²) in [5.74, 6) is 0.396. The van der Waals surface area contributed by atoms with Gasteiger partial charge in [-0.2, -0.15) is 0 Å². The second-order valence-corrected chi connectivity index (χ2v) is 8.34. The summed E-state index contributed by atoms with van der Waals surface area (Å²) in [6, 6.07) is 6.14. The van der Waals surface area contributed by atoms with Crippen molar-refractivity contribution in [1.82, 2.24) is 31.0 Å². The number of pyridine rings is 1. The Morgan fingerprint density at radius 2 is 2.00 bits per heavy atom. The first-order valence-electron chi connectivity index (χ1n) is 10.9. The van der Waals surface area contributed by atoms with Crippen molar-refractivity contribution in [2.75, 3.05) is 32.7 Å². The fourth-order valence-corrected chi connectivity index (χ4v) is 4.72. The topological polar surface area (TPSA) is 89.6 Å². The third-order valence-corrected chi connectivity index (χ3v) is 6.42. The summed E-state index contributed by atoms with van der Waals surface area (Å²) in [7, 11) is 0. The molecule has 0 spiro atoms. The largest absolute Gasteiger partial charge is 0.350 e. The number of piperidine rings is 2. The lowest BCUT2D eigenvalue weighted by Gasteiger charge is -2.42. The molecule has 1 aromatic heterocycles. The van der Waals surface area contributed by atoms with E-state index < -0.39 is 0 Å². The number of rotatable bonds is 5. The molecular formula is C21H32N6O2. The molecular weight excluding hydrogens is 368 g/mol. The van der Waals surface area contributed by atoms with Crippen LogP contribution in [0.4, 0.5) is 0 Å². The highest BCUT2D eigenvalue weighted by Gasteiger charge is 2.34. The molecule has 2 amide bonds. The fourth-order valence-electron chi connectivity index (χ4n) is 4.72. The number of carbonyl (C=O) groups is 2. The van der Waals surface area contributed by atoms with Gasteiger partial charge in [-0.3, -0.25) is 24.9 Å². The number of likely N-dealkylation sites (tertiary alicyclic amines) is 2. The minimum Gasteiger partial charge on any atom is -0.350 e. The van der Waals surface area contributed by atoms with E-state index in [1.54, 1.807) is 6.20 Å². The van der Waals surface area contributed by atoms with Crippen molar-refractivity contribution >= 4 is 11.8 Å². The lowest BCUT2D eigenvalue weighted by molar-refractivity contribution is -0.134. The number of nitrogens with zero attached hydrogens (tertiary/aromatic N) is 3. The van der Waals surface area contributed by atoms with E-state index >= 15 is 0 Å². The number of aromatic nitrogens is 1. The van der Waals surface area contributed by atoms with Gasteiger partial charge < -0.3 is 10.2 Å². The van der Waals surface area contributed by atoms with Crippen molar-refractivity contribution in [3.8, 4) is 0 Å². The lowest BCUT2D eigenvalue weighted by Crippen LogP contribution is -2.53. The normalized spacial score (nSPS) is 26.4. The molecule has 1 aromatic rings. The maximum absolute atomic E-state index is 12.7. The van der Waals surface area contributed by atoms with E-state index in [4.69, 9.17) is 0 Å². The number of nitrogens with one attached hydrogen (secondary N) is 3. The van der Waals surface area contributed by atoms with Crippen LogP contribution in [0.2, 0.25) is 0 Å². The van der Waals surface area contributed by atoms with Crippen molar-refractivity contribution in [2.24, 2.45) is 5.92 Å². The molecule has 29 heavy (non-hydrogen) atoms. The zero-order valence-electron chi connectivity index (χ0n) is 17.0. The van der Waals surface area contributed by atoms with Crippen LogP contribution in [0.15, 0.2) is 24.4 Å². The molecule has 0 bridgehead atoms. The van der Waals surface area contributed by atoms with Crippen LogP contribution >= 0.6 is 0 Å². The molecule has 3 fully saturated rings. The summed E-state index contributed by atoms with van der Waals surface area (Å²) in [5, 5.41) is 3.05. The van der Waals surface area contributed by atoms with Gasteiger partial charge in [-0.05, 0) is 50.8 Å². The number of hydrazine groups is 1. The molecule has 3 aliphatic heterocycles. The van der Waals surface area contributed by atoms with Crippen LogP contribution in [0.5, 0.6) is 0 Å². The van der Waals surface area contributed by atoms with E-state index in [0.29, 0.717) is 12.6 Å². The summed E-state index contributed by atoms with van der Waals surface area (Å²) >= 11 is 0. The Kier molecular flexibility index (Phi) is 6.74. The Balaban J connectivity index is 1.23. The molecule has 158 valence electrons. The molecule has 8 nitrogen and oxygen atoms in total. The molecule has 0 saturated carbocycles. The zero-order chi connectivity index (χ0) is 20.1. The molecule has 3 N–H and O–H groups in total. The van der Waals surface area contributed by atoms with Crippen LogP contribution in [0.1, 0.15) is 37.8 Å². The smallest absolute Gasteiger partial charge is 0.241 e. The zero-order valence-corrected chi connectivity index (χ0v) is 17.0. The monoisotopic (exact) mass is 400 g/mol. The average Bonchev–Trinajstić information content (AvgIpc) is 3.33. The fraction of sp³-hybridized carbons (Fsp3) is 0.667. The Labute approximate surface area is 172 Å². The minimum absolute atomic E-state index is 0.0425. The third kappa shape index (κ3) is 5.12. The number of hydrogen-bond donors (Lipinski definition) is 3. The van der Waals surface area contributed by atoms with E-state index in [1.165, 1.54) is 0 Å². The highest BCUT2D eigenvalue weighted by atomic mass is 16.2. The molecule has 2 unspecified atom stereocenters. The average molecular weight is 401 g/mol. The van der Waals surface area contributed by atoms with Crippen LogP contribution in [-0.2, 0) is 16.1 Å². The maximum Gasteiger partial charge on any atom is 0.241 e. The lowest BCUT2D eigenvalue weighted by atomic mass is 9.93. The van der Waals surface area contributed by atoms with Crippen molar-refractivity contribution < 1.29 is 9.59 Å². The van der Waals surface area contributed by atoms with Gasteiger partial charge in [0, 0.05) is 38.4 Å². The summed E-state index contributed by atoms with van der Waals surface area (Å²) in [4.78, 5) is 34.0. The highest BCUT2D eigenvalue weighted by molar-refractivity contribution is 5.82. The second-order valence-electron chi connectivity index (χ2n) is 8.34. The molecule has 8 heteroatoms. The van der Waals surface area contributed by atoms with Crippen LogP contribution in [0.25, 0.3) is 0 Å². The molecule has 0 aliphatic carbocycles. The van der Waals surface area contributed by atoms with Gasteiger partial charge in [-0.15, -0.1) is 0 Å². The van der Waals surface area contributed by atoms with Gasteiger partial charge in [0.2, 0.25) is 11.8 Å². The first-order valence-corrected chi connectivity index (χ1v) is 10.9. The molecule has 4 rings (SSSR count). The number of carbonyl (C=O) groups excluding carboxylic acids is 2. The molecule has 3 aliphatic rings. The summed E-state index contributed by atoms with van der Waals surface area (Å²) in [6.07, 6.45) is 6.60. The van der Waals surface area contributed by atoms with Crippen LogP contribution in [-0.4, -0.2) is 71.4 Å². The molecule has 4 heterocycles. The Bertz CT molecular complexity index is 686. The van der Waals surface area contributed by atoms with Crippen molar-refractivity contribution in [1.29, 1.82) is 0 Å². The summed E-state index contributed by atoms with van der Waals surface area (Å²) in [5.41, 5.74) is 7.00. The minimum atomic E-state index is -0.0753. The first kappa shape index (κ1) is 20.3. The van der Waals surface area contributed by atoms with Crippen molar-refractivity contribution in [3.05, 3.63) is 30.1 Å². The van der Waals surface area contributed by atoms with Gasteiger partial charge in [0.15, 0.2) is 0 Å². The maximum atomic E-state index is 12.7.